The van der Waals surface area contributed by atoms with Gasteiger partial charge in [-0.15, -0.1) is 0 Å². The van der Waals surface area contributed by atoms with Crippen molar-refractivity contribution in [1.82, 2.24) is 29.5 Å². The number of nitrogens with zero attached hydrogens (tertiary/aromatic N) is 6. The summed E-state index contributed by atoms with van der Waals surface area (Å²) in [6.07, 6.45) is 6.62. The van der Waals surface area contributed by atoms with E-state index in [0.717, 1.165) is 5.52 Å². The first-order valence-corrected chi connectivity index (χ1v) is 9.26. The summed E-state index contributed by atoms with van der Waals surface area (Å²) in [6, 6.07) is 3.39. The number of esters is 1. The number of nitrogens with one attached hydrogen (secondary N) is 2. The highest BCUT2D eigenvalue weighted by molar-refractivity contribution is 5.98. The lowest BCUT2D eigenvalue weighted by atomic mass is 10.1. The van der Waals surface area contributed by atoms with E-state index < -0.39 is 5.97 Å². The van der Waals surface area contributed by atoms with Crippen LogP contribution in [-0.2, 0) is 11.8 Å². The number of imidazole rings is 1. The summed E-state index contributed by atoms with van der Waals surface area (Å²) in [6.45, 7) is 0. The zero-order valence-corrected chi connectivity index (χ0v) is 17.4. The maximum absolute atomic E-state index is 12.5. The van der Waals surface area contributed by atoms with Crippen molar-refractivity contribution in [2.45, 2.75) is 0 Å². The largest absolute Gasteiger partial charge is 0.481 e. The minimum atomic E-state index is -0.638. The smallest absolute Gasteiger partial charge is 0.360 e. The van der Waals surface area contributed by atoms with Crippen molar-refractivity contribution in [3.63, 3.8) is 0 Å². The maximum atomic E-state index is 12.5. The van der Waals surface area contributed by atoms with Crippen LogP contribution in [0.5, 0.6) is 5.88 Å². The van der Waals surface area contributed by atoms with Gasteiger partial charge in [-0.1, -0.05) is 0 Å². The number of carbonyl (C=O) groups is 1. The van der Waals surface area contributed by atoms with Crippen molar-refractivity contribution in [2.24, 2.45) is 7.05 Å². The lowest BCUT2D eigenvalue weighted by Crippen LogP contribution is -2.13. The van der Waals surface area contributed by atoms with Gasteiger partial charge in [-0.05, 0) is 6.07 Å². The lowest BCUT2D eigenvalue weighted by Gasteiger charge is -2.15. The predicted octanol–water partition coefficient (Wildman–Crippen LogP) is 2.40. The van der Waals surface area contributed by atoms with Crippen molar-refractivity contribution in [1.29, 1.82) is 0 Å². The van der Waals surface area contributed by atoms with E-state index in [-0.39, 0.29) is 11.5 Å². The number of aromatic nitrogens is 6. The Labute approximate surface area is 177 Å². The maximum Gasteiger partial charge on any atom is 0.360 e. The Bertz CT molecular complexity index is 1270. The van der Waals surface area contributed by atoms with Crippen molar-refractivity contribution >= 4 is 34.3 Å². The summed E-state index contributed by atoms with van der Waals surface area (Å²) in [5.41, 5.74) is 3.22. The molecule has 0 bridgehead atoms. The SMILES string of the molecule is CNc1nc(Nc2ccnc(OC)c2)c(C(=O)OC)nc1-c1cncc2c1ncn2C. The molecular formula is C20H20N8O3. The predicted molar refractivity (Wildman–Crippen MR) is 114 cm³/mol. The van der Waals surface area contributed by atoms with Gasteiger partial charge in [0.1, 0.15) is 11.2 Å². The Morgan fingerprint density at radius 2 is 1.97 bits per heavy atom. The van der Waals surface area contributed by atoms with Gasteiger partial charge in [0.25, 0.3) is 0 Å². The molecule has 0 amide bonds. The molecule has 4 aromatic heterocycles. The third-order valence-electron chi connectivity index (χ3n) is 4.61. The molecule has 0 aliphatic heterocycles. The average Bonchev–Trinajstić information content (AvgIpc) is 3.19. The van der Waals surface area contributed by atoms with Crippen LogP contribution in [0.3, 0.4) is 0 Å². The second kappa shape index (κ2) is 8.22. The van der Waals surface area contributed by atoms with Gasteiger partial charge in [0, 0.05) is 38.2 Å². The molecule has 0 aliphatic rings. The van der Waals surface area contributed by atoms with Crippen LogP contribution in [0.1, 0.15) is 10.5 Å². The zero-order valence-electron chi connectivity index (χ0n) is 17.4. The number of hydrogen-bond acceptors (Lipinski definition) is 10. The standard InChI is InChI=1S/C20H20N8O3/c1-21-18-16(12-8-22-9-13-15(12)24-10-28(13)2)26-17(20(29)31-4)19(27-18)25-11-5-6-23-14(7-11)30-3/h5-10H,1-4H3,(H2,21,23,25,27). The molecule has 0 radical (unpaired) electrons. The third-order valence-corrected chi connectivity index (χ3v) is 4.61. The molecule has 4 heterocycles. The Hall–Kier alpha value is -4.28. The molecular weight excluding hydrogens is 400 g/mol. The molecule has 31 heavy (non-hydrogen) atoms. The first-order valence-electron chi connectivity index (χ1n) is 9.26. The fourth-order valence-electron chi connectivity index (χ4n) is 3.08. The number of pyridine rings is 2. The van der Waals surface area contributed by atoms with Gasteiger partial charge in [0.15, 0.2) is 17.3 Å². The van der Waals surface area contributed by atoms with Crippen molar-refractivity contribution < 1.29 is 14.3 Å². The van der Waals surface area contributed by atoms with E-state index in [1.807, 2.05) is 11.6 Å². The van der Waals surface area contributed by atoms with Crippen LogP contribution >= 0.6 is 0 Å². The van der Waals surface area contributed by atoms with Crippen molar-refractivity contribution in [2.75, 3.05) is 31.9 Å². The van der Waals surface area contributed by atoms with E-state index in [2.05, 4.69) is 35.6 Å². The Kier molecular flexibility index (Phi) is 5.31. The van der Waals surface area contributed by atoms with Crippen LogP contribution < -0.4 is 15.4 Å². The summed E-state index contributed by atoms with van der Waals surface area (Å²) < 4.78 is 11.9. The summed E-state index contributed by atoms with van der Waals surface area (Å²) in [7, 11) is 6.40. The molecule has 11 nitrogen and oxygen atoms in total. The highest BCUT2D eigenvalue weighted by atomic mass is 16.5. The number of ether oxygens (including phenoxy) is 2. The van der Waals surface area contributed by atoms with Gasteiger partial charge in [-0.25, -0.2) is 24.7 Å². The van der Waals surface area contributed by atoms with Crippen LogP contribution in [0.4, 0.5) is 17.3 Å². The number of methoxy groups -OCH3 is 2. The fraction of sp³-hybridized carbons (Fsp3) is 0.200. The van der Waals surface area contributed by atoms with Gasteiger partial charge < -0.3 is 24.7 Å². The summed E-state index contributed by atoms with van der Waals surface area (Å²) in [5, 5.41) is 6.12. The van der Waals surface area contributed by atoms with Gasteiger partial charge in [0.05, 0.1) is 37.8 Å². The number of fused-ring (bicyclic) bond motifs is 1. The molecule has 4 aromatic rings. The van der Waals surface area contributed by atoms with Crippen LogP contribution in [-0.4, -0.2) is 56.7 Å². The van der Waals surface area contributed by atoms with E-state index in [0.29, 0.717) is 34.2 Å². The Morgan fingerprint density at radius 3 is 2.71 bits per heavy atom. The van der Waals surface area contributed by atoms with E-state index >= 15 is 0 Å². The highest BCUT2D eigenvalue weighted by Crippen LogP contribution is 2.32. The molecule has 0 saturated carbocycles. The summed E-state index contributed by atoms with van der Waals surface area (Å²) in [4.78, 5) is 34.5. The summed E-state index contributed by atoms with van der Waals surface area (Å²) in [5.74, 6) is 0.433. The minimum absolute atomic E-state index is 0.0141. The van der Waals surface area contributed by atoms with Gasteiger partial charge in [-0.2, -0.15) is 0 Å². The third kappa shape index (κ3) is 3.68. The van der Waals surface area contributed by atoms with E-state index in [1.165, 1.54) is 14.2 Å². The van der Waals surface area contributed by atoms with Gasteiger partial charge in [0.2, 0.25) is 5.88 Å². The molecule has 2 N–H and O–H groups in total. The van der Waals surface area contributed by atoms with Gasteiger partial charge >= 0.3 is 5.97 Å². The molecule has 4 rings (SSSR count). The quantitative estimate of drug-likeness (QED) is 0.449. The van der Waals surface area contributed by atoms with Crippen LogP contribution in [0, 0.1) is 0 Å². The molecule has 0 fully saturated rings. The molecule has 158 valence electrons. The van der Waals surface area contributed by atoms with Crippen molar-refractivity contribution in [3.05, 3.63) is 42.7 Å². The van der Waals surface area contributed by atoms with E-state index in [9.17, 15) is 4.79 Å². The van der Waals surface area contributed by atoms with Crippen LogP contribution in [0.2, 0.25) is 0 Å². The Balaban J connectivity index is 1.88. The second-order valence-corrected chi connectivity index (χ2v) is 6.48. The van der Waals surface area contributed by atoms with E-state index in [4.69, 9.17) is 9.47 Å². The molecule has 0 unspecified atom stereocenters. The van der Waals surface area contributed by atoms with Crippen molar-refractivity contribution in [3.8, 4) is 17.1 Å². The molecule has 0 saturated heterocycles. The monoisotopic (exact) mass is 420 g/mol. The number of rotatable bonds is 6. The normalized spacial score (nSPS) is 10.7. The van der Waals surface area contributed by atoms with E-state index in [1.54, 1.807) is 44.1 Å². The molecule has 0 aromatic carbocycles. The summed E-state index contributed by atoms with van der Waals surface area (Å²) >= 11 is 0. The molecule has 0 aliphatic carbocycles. The second-order valence-electron chi connectivity index (χ2n) is 6.48. The highest BCUT2D eigenvalue weighted by Gasteiger charge is 2.23. The first kappa shape index (κ1) is 20.0. The number of hydrogen-bond donors (Lipinski definition) is 2. The minimum Gasteiger partial charge on any atom is -0.481 e. The average molecular weight is 420 g/mol. The molecule has 0 atom stereocenters. The first-order chi connectivity index (χ1) is 15.0. The number of carbonyl (C=O) groups excluding carboxylic acids is 1. The molecule has 0 spiro atoms. The van der Waals surface area contributed by atoms with Crippen LogP contribution in [0.15, 0.2) is 37.1 Å². The number of anilines is 3. The lowest BCUT2D eigenvalue weighted by molar-refractivity contribution is 0.0595. The molecule has 11 heteroatoms. The Morgan fingerprint density at radius 1 is 1.13 bits per heavy atom. The fourth-order valence-corrected chi connectivity index (χ4v) is 3.08. The van der Waals surface area contributed by atoms with Crippen LogP contribution in [0.25, 0.3) is 22.3 Å². The zero-order chi connectivity index (χ0) is 22.0. The van der Waals surface area contributed by atoms with Gasteiger partial charge in [-0.3, -0.25) is 4.98 Å². The number of aryl methyl sites for hydroxylation is 1. The topological polar surface area (TPSA) is 129 Å².